The molecular formula is C22H16ClNO3. The molecule has 0 unspecified atom stereocenters. The first-order valence-corrected chi connectivity index (χ1v) is 8.58. The molecule has 3 aromatic carbocycles. The summed E-state index contributed by atoms with van der Waals surface area (Å²) in [7, 11) is 0. The number of nitrogens with one attached hydrogen (secondary N) is 1. The average molecular weight is 378 g/mol. The molecule has 3 aromatic rings. The molecule has 0 aliphatic heterocycles. The quantitative estimate of drug-likeness (QED) is 0.588. The van der Waals surface area contributed by atoms with Gasteiger partial charge >= 0.3 is 5.97 Å². The minimum atomic E-state index is -1.16. The highest BCUT2D eigenvalue weighted by Crippen LogP contribution is 2.22. The van der Waals surface area contributed by atoms with Crippen molar-refractivity contribution in [3.05, 3.63) is 95.0 Å². The SMILES string of the molecule is O=C(C=Cc1cccc(-c2ccccc2)c1)Nc1ccc(Cl)cc1C(=O)O. The smallest absolute Gasteiger partial charge is 0.337 e. The van der Waals surface area contributed by atoms with Gasteiger partial charge in [-0.25, -0.2) is 4.79 Å². The Morgan fingerprint density at radius 3 is 2.37 bits per heavy atom. The first kappa shape index (κ1) is 18.4. The third kappa shape index (κ3) is 4.84. The second-order valence-corrected chi connectivity index (χ2v) is 6.25. The van der Waals surface area contributed by atoms with Crippen LogP contribution in [0.3, 0.4) is 0 Å². The fourth-order valence-corrected chi connectivity index (χ4v) is 2.77. The number of aromatic carboxylic acids is 1. The van der Waals surface area contributed by atoms with Crippen LogP contribution in [0.4, 0.5) is 5.69 Å². The number of hydrogen-bond acceptors (Lipinski definition) is 2. The first-order valence-electron chi connectivity index (χ1n) is 8.20. The van der Waals surface area contributed by atoms with Crippen molar-refractivity contribution < 1.29 is 14.7 Å². The summed E-state index contributed by atoms with van der Waals surface area (Å²) >= 11 is 5.81. The van der Waals surface area contributed by atoms with Crippen LogP contribution in [-0.4, -0.2) is 17.0 Å². The molecule has 0 aliphatic rings. The number of hydrogen-bond donors (Lipinski definition) is 2. The third-order valence-electron chi connectivity index (χ3n) is 3.89. The summed E-state index contributed by atoms with van der Waals surface area (Å²) < 4.78 is 0. The van der Waals surface area contributed by atoms with E-state index in [1.807, 2.05) is 54.6 Å². The largest absolute Gasteiger partial charge is 0.478 e. The monoisotopic (exact) mass is 377 g/mol. The molecule has 4 nitrogen and oxygen atoms in total. The Labute approximate surface area is 161 Å². The Hall–Kier alpha value is -3.37. The van der Waals surface area contributed by atoms with E-state index in [0.717, 1.165) is 16.7 Å². The summed E-state index contributed by atoms with van der Waals surface area (Å²) in [5.41, 5.74) is 3.13. The van der Waals surface area contributed by atoms with Gasteiger partial charge in [-0.2, -0.15) is 0 Å². The summed E-state index contributed by atoms with van der Waals surface area (Å²) in [6.45, 7) is 0. The van der Waals surface area contributed by atoms with Crippen LogP contribution in [0.15, 0.2) is 78.9 Å². The van der Waals surface area contributed by atoms with Gasteiger partial charge in [0.25, 0.3) is 0 Å². The van der Waals surface area contributed by atoms with Gasteiger partial charge < -0.3 is 10.4 Å². The highest BCUT2D eigenvalue weighted by atomic mass is 35.5. The number of amides is 1. The van der Waals surface area contributed by atoms with E-state index in [1.165, 1.54) is 24.3 Å². The van der Waals surface area contributed by atoms with E-state index in [2.05, 4.69) is 5.32 Å². The maximum absolute atomic E-state index is 12.2. The zero-order chi connectivity index (χ0) is 19.2. The van der Waals surface area contributed by atoms with E-state index in [4.69, 9.17) is 11.6 Å². The molecule has 0 fully saturated rings. The van der Waals surface area contributed by atoms with Crippen LogP contribution >= 0.6 is 11.6 Å². The number of anilines is 1. The van der Waals surface area contributed by atoms with E-state index in [0.29, 0.717) is 5.02 Å². The number of rotatable bonds is 5. The van der Waals surface area contributed by atoms with Crippen LogP contribution in [-0.2, 0) is 4.79 Å². The number of carbonyl (C=O) groups is 2. The molecule has 0 bridgehead atoms. The van der Waals surface area contributed by atoms with Crippen LogP contribution in [0.25, 0.3) is 17.2 Å². The molecule has 0 heterocycles. The minimum absolute atomic E-state index is 0.0599. The van der Waals surface area contributed by atoms with Crippen molar-refractivity contribution in [2.75, 3.05) is 5.32 Å². The Bertz CT molecular complexity index is 1010. The van der Waals surface area contributed by atoms with Gasteiger partial charge in [-0.15, -0.1) is 0 Å². The van der Waals surface area contributed by atoms with Crippen molar-refractivity contribution in [2.24, 2.45) is 0 Å². The molecule has 0 atom stereocenters. The highest BCUT2D eigenvalue weighted by Gasteiger charge is 2.12. The lowest BCUT2D eigenvalue weighted by Gasteiger charge is -2.07. The van der Waals surface area contributed by atoms with E-state index >= 15 is 0 Å². The molecule has 1 amide bonds. The van der Waals surface area contributed by atoms with Gasteiger partial charge in [-0.05, 0) is 47.0 Å². The molecular weight excluding hydrogens is 362 g/mol. The van der Waals surface area contributed by atoms with Crippen LogP contribution < -0.4 is 5.32 Å². The van der Waals surface area contributed by atoms with E-state index in [1.54, 1.807) is 6.08 Å². The molecule has 3 rings (SSSR count). The predicted molar refractivity (Wildman–Crippen MR) is 108 cm³/mol. The fourth-order valence-electron chi connectivity index (χ4n) is 2.60. The fraction of sp³-hybridized carbons (Fsp3) is 0. The van der Waals surface area contributed by atoms with Crippen molar-refractivity contribution in [3.8, 4) is 11.1 Å². The summed E-state index contributed by atoms with van der Waals surface area (Å²) in [5, 5.41) is 12.1. The topological polar surface area (TPSA) is 66.4 Å². The standard InChI is InChI=1S/C22H16ClNO3/c23-18-10-11-20(19(14-18)22(26)27)24-21(25)12-9-15-5-4-8-17(13-15)16-6-2-1-3-7-16/h1-14H,(H,24,25)(H,26,27). The van der Waals surface area contributed by atoms with Gasteiger partial charge in [0.15, 0.2) is 0 Å². The maximum atomic E-state index is 12.2. The second kappa shape index (κ2) is 8.34. The van der Waals surface area contributed by atoms with Crippen LogP contribution in [0.2, 0.25) is 5.02 Å². The van der Waals surface area contributed by atoms with Gasteiger partial charge in [0, 0.05) is 11.1 Å². The Morgan fingerprint density at radius 2 is 1.63 bits per heavy atom. The van der Waals surface area contributed by atoms with Crippen molar-refractivity contribution in [3.63, 3.8) is 0 Å². The molecule has 5 heteroatoms. The molecule has 0 saturated heterocycles. The average Bonchev–Trinajstić information content (AvgIpc) is 2.68. The van der Waals surface area contributed by atoms with Gasteiger partial charge in [-0.3, -0.25) is 4.79 Å². The lowest BCUT2D eigenvalue weighted by molar-refractivity contribution is -0.111. The lowest BCUT2D eigenvalue weighted by Crippen LogP contribution is -2.12. The van der Waals surface area contributed by atoms with Crippen LogP contribution in [0, 0.1) is 0 Å². The Morgan fingerprint density at radius 1 is 0.889 bits per heavy atom. The molecule has 0 aliphatic carbocycles. The number of carboxylic acids is 1. The summed E-state index contributed by atoms with van der Waals surface area (Å²) in [4.78, 5) is 23.5. The molecule has 0 aromatic heterocycles. The molecule has 27 heavy (non-hydrogen) atoms. The zero-order valence-corrected chi connectivity index (χ0v) is 15.0. The van der Waals surface area contributed by atoms with Crippen molar-refractivity contribution >= 4 is 35.2 Å². The van der Waals surface area contributed by atoms with Gasteiger partial charge in [0.05, 0.1) is 11.3 Å². The Kier molecular flexibility index (Phi) is 5.69. The van der Waals surface area contributed by atoms with E-state index in [-0.39, 0.29) is 11.3 Å². The summed E-state index contributed by atoms with van der Waals surface area (Å²) in [6.07, 6.45) is 3.04. The first-order chi connectivity index (χ1) is 13.0. The number of carboxylic acid groups (broad SMARTS) is 1. The normalized spacial score (nSPS) is 10.7. The molecule has 134 valence electrons. The highest BCUT2D eigenvalue weighted by molar-refractivity contribution is 6.31. The van der Waals surface area contributed by atoms with Gasteiger partial charge in [0.1, 0.15) is 0 Å². The number of halogens is 1. The van der Waals surface area contributed by atoms with Crippen molar-refractivity contribution in [1.29, 1.82) is 0 Å². The predicted octanol–water partition coefficient (Wildman–Crippen LogP) is 5.36. The second-order valence-electron chi connectivity index (χ2n) is 5.81. The number of carbonyl (C=O) groups excluding carboxylic acids is 1. The van der Waals surface area contributed by atoms with Crippen LogP contribution in [0.5, 0.6) is 0 Å². The van der Waals surface area contributed by atoms with Gasteiger partial charge in [-0.1, -0.05) is 60.1 Å². The third-order valence-corrected chi connectivity index (χ3v) is 4.13. The van der Waals surface area contributed by atoms with Gasteiger partial charge in [0.2, 0.25) is 5.91 Å². The summed E-state index contributed by atoms with van der Waals surface area (Å²) in [5.74, 6) is -1.59. The Balaban J connectivity index is 1.75. The van der Waals surface area contributed by atoms with E-state index < -0.39 is 11.9 Å². The molecule has 2 N–H and O–H groups in total. The van der Waals surface area contributed by atoms with E-state index in [9.17, 15) is 14.7 Å². The van der Waals surface area contributed by atoms with Crippen molar-refractivity contribution in [2.45, 2.75) is 0 Å². The molecule has 0 saturated carbocycles. The van der Waals surface area contributed by atoms with Crippen LogP contribution in [0.1, 0.15) is 15.9 Å². The molecule has 0 spiro atoms. The molecule has 0 radical (unpaired) electrons. The van der Waals surface area contributed by atoms with Crippen molar-refractivity contribution in [1.82, 2.24) is 0 Å². The minimum Gasteiger partial charge on any atom is -0.478 e. The maximum Gasteiger partial charge on any atom is 0.337 e. The lowest BCUT2D eigenvalue weighted by atomic mass is 10.0. The number of benzene rings is 3. The zero-order valence-electron chi connectivity index (χ0n) is 14.2. The summed E-state index contributed by atoms with van der Waals surface area (Å²) in [6, 6.07) is 22.0.